The summed E-state index contributed by atoms with van der Waals surface area (Å²) < 4.78 is 2.05. The molecular weight excluding hydrogens is 234 g/mol. The maximum Gasteiger partial charge on any atom is 0.122 e. The molecule has 0 spiro atoms. The highest BCUT2D eigenvalue weighted by molar-refractivity contribution is 5.32. The second kappa shape index (κ2) is 5.08. The molecule has 0 amide bonds. The van der Waals surface area contributed by atoms with E-state index in [-0.39, 0.29) is 0 Å². The Labute approximate surface area is 114 Å². The van der Waals surface area contributed by atoms with Crippen LogP contribution in [0.15, 0.2) is 36.4 Å². The van der Waals surface area contributed by atoms with Gasteiger partial charge in [0.1, 0.15) is 5.82 Å². The number of hydrogen-bond acceptors (Lipinski definition) is 2. The van der Waals surface area contributed by atoms with Gasteiger partial charge in [0.25, 0.3) is 0 Å². The third-order valence-electron chi connectivity index (χ3n) is 4.16. The Kier molecular flexibility index (Phi) is 3.28. The standard InChI is InChI=1S/C16H21N3/c1-12-11-16(17)19(18-12)15-10-6-5-9-14(15)13-7-3-2-4-8-13/h2-4,7-8,11,14-15H,5-6,9-10,17H2,1H3. The van der Waals surface area contributed by atoms with Crippen molar-refractivity contribution in [3.05, 3.63) is 47.7 Å². The summed E-state index contributed by atoms with van der Waals surface area (Å²) in [6, 6.07) is 13.2. The van der Waals surface area contributed by atoms with Gasteiger partial charge in [-0.3, -0.25) is 0 Å². The first-order valence-corrected chi connectivity index (χ1v) is 7.12. The molecule has 1 heterocycles. The summed E-state index contributed by atoms with van der Waals surface area (Å²) in [7, 11) is 0. The molecule has 2 atom stereocenters. The third-order valence-corrected chi connectivity index (χ3v) is 4.16. The predicted molar refractivity (Wildman–Crippen MR) is 78.1 cm³/mol. The van der Waals surface area contributed by atoms with Crippen molar-refractivity contribution < 1.29 is 0 Å². The van der Waals surface area contributed by atoms with Gasteiger partial charge in [-0.25, -0.2) is 4.68 Å². The van der Waals surface area contributed by atoms with Gasteiger partial charge in [-0.2, -0.15) is 5.10 Å². The zero-order valence-corrected chi connectivity index (χ0v) is 11.4. The largest absolute Gasteiger partial charge is 0.384 e. The second-order valence-electron chi connectivity index (χ2n) is 5.52. The summed E-state index contributed by atoms with van der Waals surface area (Å²) in [6.07, 6.45) is 4.97. The molecule has 2 aromatic rings. The Morgan fingerprint density at radius 3 is 2.58 bits per heavy atom. The second-order valence-corrected chi connectivity index (χ2v) is 5.52. The molecule has 1 fully saturated rings. The van der Waals surface area contributed by atoms with Crippen molar-refractivity contribution in [3.8, 4) is 0 Å². The summed E-state index contributed by atoms with van der Waals surface area (Å²) in [6.45, 7) is 2.01. The van der Waals surface area contributed by atoms with Crippen LogP contribution in [-0.2, 0) is 0 Å². The number of nitrogens with zero attached hydrogens (tertiary/aromatic N) is 2. The van der Waals surface area contributed by atoms with Crippen molar-refractivity contribution >= 4 is 5.82 Å². The van der Waals surface area contributed by atoms with Gasteiger partial charge in [0.05, 0.1) is 11.7 Å². The molecule has 3 rings (SSSR count). The van der Waals surface area contributed by atoms with Gasteiger partial charge >= 0.3 is 0 Å². The minimum absolute atomic E-state index is 0.407. The quantitative estimate of drug-likeness (QED) is 0.889. The molecule has 0 saturated heterocycles. The van der Waals surface area contributed by atoms with Crippen LogP contribution in [-0.4, -0.2) is 9.78 Å². The van der Waals surface area contributed by atoms with Crippen LogP contribution in [0.5, 0.6) is 0 Å². The van der Waals surface area contributed by atoms with Crippen molar-refractivity contribution in [1.29, 1.82) is 0 Å². The summed E-state index contributed by atoms with van der Waals surface area (Å²) in [4.78, 5) is 0. The number of hydrogen-bond donors (Lipinski definition) is 1. The number of benzene rings is 1. The Morgan fingerprint density at radius 1 is 1.16 bits per heavy atom. The van der Waals surface area contributed by atoms with Crippen LogP contribution < -0.4 is 5.73 Å². The maximum atomic E-state index is 6.11. The zero-order valence-electron chi connectivity index (χ0n) is 11.4. The fraction of sp³-hybridized carbons (Fsp3) is 0.438. The molecule has 3 heteroatoms. The zero-order chi connectivity index (χ0) is 13.2. The minimum atomic E-state index is 0.407. The molecule has 1 aromatic carbocycles. The first-order valence-electron chi connectivity index (χ1n) is 7.12. The lowest BCUT2D eigenvalue weighted by Crippen LogP contribution is -2.24. The summed E-state index contributed by atoms with van der Waals surface area (Å²) in [5.41, 5.74) is 8.54. The molecule has 2 unspecified atom stereocenters. The lowest BCUT2D eigenvalue weighted by atomic mass is 9.80. The smallest absolute Gasteiger partial charge is 0.122 e. The van der Waals surface area contributed by atoms with E-state index in [0.29, 0.717) is 12.0 Å². The van der Waals surface area contributed by atoms with E-state index < -0.39 is 0 Å². The lowest BCUT2D eigenvalue weighted by Gasteiger charge is -2.32. The summed E-state index contributed by atoms with van der Waals surface area (Å²) in [5.74, 6) is 1.34. The number of aromatic nitrogens is 2. The molecule has 0 radical (unpaired) electrons. The maximum absolute atomic E-state index is 6.11. The molecule has 0 bridgehead atoms. The number of aryl methyl sites for hydroxylation is 1. The van der Waals surface area contributed by atoms with Crippen molar-refractivity contribution in [2.75, 3.05) is 5.73 Å². The van der Waals surface area contributed by atoms with Gasteiger partial charge in [0.15, 0.2) is 0 Å². The van der Waals surface area contributed by atoms with Crippen LogP contribution in [0.25, 0.3) is 0 Å². The van der Waals surface area contributed by atoms with E-state index in [2.05, 4.69) is 35.4 Å². The van der Waals surface area contributed by atoms with E-state index >= 15 is 0 Å². The first kappa shape index (κ1) is 12.3. The number of nitrogen functional groups attached to an aromatic ring is 1. The van der Waals surface area contributed by atoms with Gasteiger partial charge in [-0.15, -0.1) is 0 Å². The van der Waals surface area contributed by atoms with Crippen molar-refractivity contribution in [3.63, 3.8) is 0 Å². The van der Waals surface area contributed by atoms with Gasteiger partial charge in [0.2, 0.25) is 0 Å². The molecule has 0 aliphatic heterocycles. The SMILES string of the molecule is Cc1cc(N)n(C2CCCCC2c2ccccc2)n1. The summed E-state index contributed by atoms with van der Waals surface area (Å²) in [5, 5.41) is 4.60. The average molecular weight is 255 g/mol. The Morgan fingerprint density at radius 2 is 1.89 bits per heavy atom. The molecule has 1 aliphatic rings. The van der Waals surface area contributed by atoms with Gasteiger partial charge in [-0.1, -0.05) is 43.2 Å². The lowest BCUT2D eigenvalue weighted by molar-refractivity contribution is 0.288. The molecule has 19 heavy (non-hydrogen) atoms. The van der Waals surface area contributed by atoms with Crippen LogP contribution >= 0.6 is 0 Å². The van der Waals surface area contributed by atoms with E-state index in [9.17, 15) is 0 Å². The Bertz CT molecular complexity index is 544. The third kappa shape index (κ3) is 2.37. The summed E-state index contributed by atoms with van der Waals surface area (Å²) >= 11 is 0. The molecule has 1 aromatic heterocycles. The van der Waals surface area contributed by atoms with Crippen molar-refractivity contribution in [1.82, 2.24) is 9.78 Å². The fourth-order valence-electron chi connectivity index (χ4n) is 3.30. The van der Waals surface area contributed by atoms with E-state index in [1.165, 1.54) is 31.2 Å². The van der Waals surface area contributed by atoms with Gasteiger partial charge in [0, 0.05) is 12.0 Å². The van der Waals surface area contributed by atoms with Crippen molar-refractivity contribution in [2.24, 2.45) is 0 Å². The van der Waals surface area contributed by atoms with Crippen LogP contribution in [0.1, 0.15) is 48.9 Å². The molecule has 1 saturated carbocycles. The van der Waals surface area contributed by atoms with Gasteiger partial charge in [-0.05, 0) is 25.3 Å². The van der Waals surface area contributed by atoms with Crippen LogP contribution in [0, 0.1) is 6.92 Å². The molecule has 100 valence electrons. The number of rotatable bonds is 2. The Hall–Kier alpha value is -1.77. The predicted octanol–water partition coefficient (Wildman–Crippen LogP) is 3.67. The molecule has 1 aliphatic carbocycles. The molecular formula is C16H21N3. The van der Waals surface area contributed by atoms with Crippen LogP contribution in [0.3, 0.4) is 0 Å². The van der Waals surface area contributed by atoms with Crippen LogP contribution in [0.4, 0.5) is 5.82 Å². The minimum Gasteiger partial charge on any atom is -0.384 e. The van der Waals surface area contributed by atoms with E-state index in [1.54, 1.807) is 0 Å². The fourth-order valence-corrected chi connectivity index (χ4v) is 3.30. The van der Waals surface area contributed by atoms with E-state index in [1.807, 2.05) is 17.7 Å². The highest BCUT2D eigenvalue weighted by Gasteiger charge is 2.29. The normalized spacial score (nSPS) is 23.4. The van der Waals surface area contributed by atoms with E-state index in [0.717, 1.165) is 11.5 Å². The monoisotopic (exact) mass is 255 g/mol. The number of anilines is 1. The molecule has 3 nitrogen and oxygen atoms in total. The number of nitrogens with two attached hydrogens (primary N) is 1. The van der Waals surface area contributed by atoms with Crippen LogP contribution in [0.2, 0.25) is 0 Å². The molecule has 2 N–H and O–H groups in total. The topological polar surface area (TPSA) is 43.8 Å². The van der Waals surface area contributed by atoms with E-state index in [4.69, 9.17) is 5.73 Å². The first-order chi connectivity index (χ1) is 9.25. The highest BCUT2D eigenvalue weighted by Crippen LogP contribution is 2.41. The Balaban J connectivity index is 1.96. The highest BCUT2D eigenvalue weighted by atomic mass is 15.3. The average Bonchev–Trinajstić information content (AvgIpc) is 2.79. The van der Waals surface area contributed by atoms with Crippen molar-refractivity contribution in [2.45, 2.75) is 44.6 Å². The van der Waals surface area contributed by atoms with Gasteiger partial charge < -0.3 is 5.73 Å².